The summed E-state index contributed by atoms with van der Waals surface area (Å²) in [7, 11) is 0. The van der Waals surface area contributed by atoms with E-state index in [1.165, 1.54) is 18.6 Å². The molecule has 0 aliphatic carbocycles. The van der Waals surface area contributed by atoms with E-state index in [1.807, 2.05) is 6.07 Å². The molecule has 0 fully saturated rings. The number of esters is 1. The molecule has 0 aliphatic rings. The molecule has 2 rings (SSSR count). The van der Waals surface area contributed by atoms with E-state index in [4.69, 9.17) is 10.00 Å². The van der Waals surface area contributed by atoms with Crippen LogP contribution in [0.3, 0.4) is 0 Å². The van der Waals surface area contributed by atoms with Crippen LogP contribution in [0, 0.1) is 17.2 Å². The van der Waals surface area contributed by atoms with Crippen LogP contribution in [0.1, 0.15) is 35.7 Å². The van der Waals surface area contributed by atoms with Gasteiger partial charge in [0.1, 0.15) is 18.1 Å². The maximum absolute atomic E-state index is 11.8. The van der Waals surface area contributed by atoms with Gasteiger partial charge in [0.25, 0.3) is 0 Å². The Kier molecular flexibility index (Phi) is 4.15. The third-order valence-electron chi connectivity index (χ3n) is 2.61. The van der Waals surface area contributed by atoms with E-state index in [9.17, 15) is 4.79 Å². The fourth-order valence-electron chi connectivity index (χ4n) is 1.69. The number of carbonyl (C=O) groups is 1. The molecule has 0 unspecified atom stereocenters. The van der Waals surface area contributed by atoms with Gasteiger partial charge in [0, 0.05) is 12.7 Å². The maximum atomic E-state index is 11.8. The van der Waals surface area contributed by atoms with Gasteiger partial charge in [-0.1, -0.05) is 13.8 Å². The van der Waals surface area contributed by atoms with Gasteiger partial charge in [-0.3, -0.25) is 0 Å². The van der Waals surface area contributed by atoms with E-state index in [0.717, 1.165) is 6.54 Å². The van der Waals surface area contributed by atoms with Gasteiger partial charge in [-0.2, -0.15) is 10.4 Å². The van der Waals surface area contributed by atoms with Gasteiger partial charge in [-0.05, 0) is 12.0 Å². The third-order valence-corrected chi connectivity index (χ3v) is 2.61. The van der Waals surface area contributed by atoms with Crippen LogP contribution < -0.4 is 0 Å². The first-order valence-corrected chi connectivity index (χ1v) is 6.22. The Balaban J connectivity index is 1.97. The van der Waals surface area contributed by atoms with Gasteiger partial charge in [0.15, 0.2) is 12.4 Å². The fourth-order valence-corrected chi connectivity index (χ4v) is 1.69. The molecule has 0 radical (unpaired) electrons. The zero-order chi connectivity index (χ0) is 14.5. The number of hydrogen-bond donors (Lipinski definition) is 1. The van der Waals surface area contributed by atoms with Crippen molar-refractivity contribution in [1.29, 1.82) is 5.26 Å². The van der Waals surface area contributed by atoms with Crippen molar-refractivity contribution in [3.8, 4) is 6.07 Å². The SMILES string of the molecule is CC(C)Cn1ncnc1COC(=O)c1c[nH]c(C#N)c1. The number of hydrogen-bond acceptors (Lipinski definition) is 5. The number of H-pyrrole nitrogens is 1. The Labute approximate surface area is 116 Å². The number of aromatic amines is 1. The average molecular weight is 273 g/mol. The van der Waals surface area contributed by atoms with Crippen molar-refractivity contribution in [3.63, 3.8) is 0 Å². The molecule has 2 aromatic heterocycles. The lowest BCUT2D eigenvalue weighted by Crippen LogP contribution is -2.13. The van der Waals surface area contributed by atoms with Gasteiger partial charge in [0.2, 0.25) is 0 Å². The molecule has 0 saturated heterocycles. The quantitative estimate of drug-likeness (QED) is 0.832. The van der Waals surface area contributed by atoms with Crippen molar-refractivity contribution < 1.29 is 9.53 Å². The average Bonchev–Trinajstić information content (AvgIpc) is 3.04. The van der Waals surface area contributed by atoms with Crippen LogP contribution in [0.2, 0.25) is 0 Å². The molecule has 7 nitrogen and oxygen atoms in total. The van der Waals surface area contributed by atoms with Crippen LogP contribution in [0.5, 0.6) is 0 Å². The zero-order valence-corrected chi connectivity index (χ0v) is 11.3. The summed E-state index contributed by atoms with van der Waals surface area (Å²) in [6.45, 7) is 4.91. The Hall–Kier alpha value is -2.62. The normalized spacial score (nSPS) is 10.5. The summed E-state index contributed by atoms with van der Waals surface area (Å²) in [5.41, 5.74) is 0.636. The van der Waals surface area contributed by atoms with E-state index in [2.05, 4.69) is 28.9 Å². The molecule has 0 aromatic carbocycles. The molecular formula is C13H15N5O2. The number of nitrogens with one attached hydrogen (secondary N) is 1. The first-order valence-electron chi connectivity index (χ1n) is 6.22. The highest BCUT2D eigenvalue weighted by atomic mass is 16.5. The topological polar surface area (TPSA) is 96.6 Å². The highest BCUT2D eigenvalue weighted by Crippen LogP contribution is 2.07. The lowest BCUT2D eigenvalue weighted by Gasteiger charge is -2.08. The Morgan fingerprint density at radius 1 is 1.60 bits per heavy atom. The van der Waals surface area contributed by atoms with Crippen molar-refractivity contribution in [3.05, 3.63) is 35.7 Å². The van der Waals surface area contributed by atoms with Crippen molar-refractivity contribution in [1.82, 2.24) is 19.7 Å². The van der Waals surface area contributed by atoms with E-state index in [1.54, 1.807) is 4.68 Å². The predicted molar refractivity (Wildman–Crippen MR) is 69.5 cm³/mol. The minimum atomic E-state index is -0.498. The minimum absolute atomic E-state index is 0.0542. The summed E-state index contributed by atoms with van der Waals surface area (Å²) in [4.78, 5) is 18.5. The second kappa shape index (κ2) is 6.02. The number of aromatic nitrogens is 4. The van der Waals surface area contributed by atoms with Gasteiger partial charge < -0.3 is 9.72 Å². The molecule has 104 valence electrons. The molecule has 20 heavy (non-hydrogen) atoms. The van der Waals surface area contributed by atoms with Crippen molar-refractivity contribution in [2.45, 2.75) is 27.0 Å². The predicted octanol–water partition coefficient (Wildman–Crippen LogP) is 1.49. The molecule has 2 heterocycles. The summed E-state index contributed by atoms with van der Waals surface area (Å²) in [5.74, 6) is 0.527. The van der Waals surface area contributed by atoms with E-state index in [-0.39, 0.29) is 6.61 Å². The van der Waals surface area contributed by atoms with E-state index in [0.29, 0.717) is 23.0 Å². The lowest BCUT2D eigenvalue weighted by atomic mass is 10.2. The largest absolute Gasteiger partial charge is 0.454 e. The summed E-state index contributed by atoms with van der Waals surface area (Å²) < 4.78 is 6.88. The van der Waals surface area contributed by atoms with Gasteiger partial charge in [-0.15, -0.1) is 0 Å². The molecular weight excluding hydrogens is 258 g/mol. The van der Waals surface area contributed by atoms with Crippen LogP contribution in [0.25, 0.3) is 0 Å². The zero-order valence-electron chi connectivity index (χ0n) is 11.3. The molecule has 0 aliphatic heterocycles. The molecule has 0 atom stereocenters. The van der Waals surface area contributed by atoms with Crippen LogP contribution in [-0.2, 0) is 17.9 Å². The third kappa shape index (κ3) is 3.23. The van der Waals surface area contributed by atoms with Gasteiger partial charge >= 0.3 is 5.97 Å². The molecule has 0 saturated carbocycles. The second-order valence-electron chi connectivity index (χ2n) is 4.74. The lowest BCUT2D eigenvalue weighted by molar-refractivity contribution is 0.0456. The van der Waals surface area contributed by atoms with Crippen LogP contribution in [-0.4, -0.2) is 25.7 Å². The van der Waals surface area contributed by atoms with Crippen molar-refractivity contribution >= 4 is 5.97 Å². The van der Waals surface area contributed by atoms with Gasteiger partial charge in [0.05, 0.1) is 5.56 Å². The van der Waals surface area contributed by atoms with E-state index >= 15 is 0 Å². The number of nitrogens with zero attached hydrogens (tertiary/aromatic N) is 4. The van der Waals surface area contributed by atoms with Crippen molar-refractivity contribution in [2.75, 3.05) is 0 Å². The summed E-state index contributed by atoms with van der Waals surface area (Å²) in [6.07, 6.45) is 2.88. The number of nitriles is 1. The molecule has 0 spiro atoms. The summed E-state index contributed by atoms with van der Waals surface area (Å²) >= 11 is 0. The minimum Gasteiger partial charge on any atom is -0.454 e. The first-order chi connectivity index (χ1) is 9.60. The number of ether oxygens (including phenoxy) is 1. The first kappa shape index (κ1) is 13.8. The molecule has 0 bridgehead atoms. The Morgan fingerprint density at radius 2 is 2.40 bits per heavy atom. The number of carbonyl (C=O) groups excluding carboxylic acids is 1. The van der Waals surface area contributed by atoms with Crippen LogP contribution in [0.4, 0.5) is 0 Å². The monoisotopic (exact) mass is 273 g/mol. The van der Waals surface area contributed by atoms with E-state index < -0.39 is 5.97 Å². The van der Waals surface area contributed by atoms with Crippen LogP contribution >= 0.6 is 0 Å². The van der Waals surface area contributed by atoms with Crippen molar-refractivity contribution in [2.24, 2.45) is 5.92 Å². The Bertz CT molecular complexity index is 635. The second-order valence-corrected chi connectivity index (χ2v) is 4.74. The van der Waals surface area contributed by atoms with Crippen LogP contribution in [0.15, 0.2) is 18.6 Å². The molecule has 1 N–H and O–H groups in total. The highest BCUT2D eigenvalue weighted by Gasteiger charge is 2.12. The molecule has 2 aromatic rings. The summed E-state index contributed by atoms with van der Waals surface area (Å²) in [6, 6.07) is 3.36. The van der Waals surface area contributed by atoms with Gasteiger partial charge in [-0.25, -0.2) is 14.5 Å². The smallest absolute Gasteiger partial charge is 0.340 e. The summed E-state index contributed by atoms with van der Waals surface area (Å²) in [5, 5.41) is 12.8. The molecule has 7 heteroatoms. The fraction of sp³-hybridized carbons (Fsp3) is 0.385. The molecule has 0 amide bonds. The highest BCUT2D eigenvalue weighted by molar-refractivity contribution is 5.89. The standard InChI is InChI=1S/C13H15N5O2/c1-9(2)6-18-12(16-8-17-18)7-20-13(19)10-3-11(4-14)15-5-10/h3,5,8-9,15H,6-7H2,1-2H3. The number of rotatable bonds is 5. The maximum Gasteiger partial charge on any atom is 0.340 e. The Morgan fingerprint density at radius 3 is 3.05 bits per heavy atom.